The maximum Gasteiger partial charge on any atom is 0.424 e. The van der Waals surface area contributed by atoms with Crippen LogP contribution in [-0.2, 0) is 14.3 Å². The van der Waals surface area contributed by atoms with E-state index < -0.39 is 42.0 Å². The van der Waals surface area contributed by atoms with Crippen LogP contribution in [0.1, 0.15) is 79.4 Å². The van der Waals surface area contributed by atoms with E-state index in [1.165, 1.54) is 4.90 Å². The fourth-order valence-electron chi connectivity index (χ4n) is 4.35. The van der Waals surface area contributed by atoms with Gasteiger partial charge in [-0.3, -0.25) is 9.59 Å². The van der Waals surface area contributed by atoms with Crippen molar-refractivity contribution in [3.05, 3.63) is 33.4 Å². The summed E-state index contributed by atoms with van der Waals surface area (Å²) in [5, 5.41) is 22.1. The third-order valence-corrected chi connectivity index (χ3v) is 6.19. The lowest BCUT2D eigenvalue weighted by molar-refractivity contribution is -0.165. The molecule has 0 aromatic heterocycles. The van der Waals surface area contributed by atoms with Crippen molar-refractivity contribution in [1.29, 1.82) is 0 Å². The minimum Gasteiger partial charge on any atom is -0.443 e. The van der Waals surface area contributed by atoms with Crippen molar-refractivity contribution in [3.63, 3.8) is 0 Å². The number of rotatable bonds is 1. The summed E-state index contributed by atoms with van der Waals surface area (Å²) in [6, 6.07) is -1.04. The number of aliphatic hydroxyl groups is 2. The van der Waals surface area contributed by atoms with Crippen molar-refractivity contribution in [2.45, 2.75) is 85.4 Å². The molecule has 8 nitrogen and oxygen atoms in total. The summed E-state index contributed by atoms with van der Waals surface area (Å²) in [6.45, 7) is 12.6. The minimum atomic E-state index is -1.23. The highest BCUT2D eigenvalue weighted by atomic mass is 16.6. The van der Waals surface area contributed by atoms with Crippen LogP contribution >= 0.6 is 0 Å². The standard InChI is InChI=1S/C22H30N2O6/c1-10-11(2)13(4)17-16(12(10)3)19(27)23(20(17)28)14-8-9-15(25)24(18(14)26)21(29)30-22(5,6)7/h14,19-20,27-28H,8-9H2,1-7H3. The predicted octanol–water partition coefficient (Wildman–Crippen LogP) is 2.67. The smallest absolute Gasteiger partial charge is 0.424 e. The molecule has 0 radical (unpaired) electrons. The lowest BCUT2D eigenvalue weighted by Crippen LogP contribution is -2.57. The molecule has 0 spiro atoms. The van der Waals surface area contributed by atoms with Crippen LogP contribution in [0.15, 0.2) is 0 Å². The zero-order chi connectivity index (χ0) is 22.7. The highest BCUT2D eigenvalue weighted by molar-refractivity contribution is 6.12. The Bertz CT molecular complexity index is 892. The number of fused-ring (bicyclic) bond motifs is 1. The second-order valence-corrected chi connectivity index (χ2v) is 9.12. The Balaban J connectivity index is 1.99. The molecule has 1 saturated heterocycles. The number of carbonyl (C=O) groups excluding carboxylic acids is 3. The van der Waals surface area contributed by atoms with Gasteiger partial charge in [0.2, 0.25) is 5.91 Å². The first-order valence-corrected chi connectivity index (χ1v) is 10.1. The van der Waals surface area contributed by atoms with Crippen LogP contribution in [0.3, 0.4) is 0 Å². The van der Waals surface area contributed by atoms with Crippen LogP contribution in [0.4, 0.5) is 4.79 Å². The van der Waals surface area contributed by atoms with Gasteiger partial charge in [-0.2, -0.15) is 4.90 Å². The highest BCUT2D eigenvalue weighted by Gasteiger charge is 2.50. The Labute approximate surface area is 176 Å². The molecule has 8 heteroatoms. The molecule has 3 rings (SSSR count). The van der Waals surface area contributed by atoms with Gasteiger partial charge in [-0.15, -0.1) is 0 Å². The molecule has 0 bridgehead atoms. The molecule has 2 aliphatic heterocycles. The molecular weight excluding hydrogens is 388 g/mol. The average molecular weight is 418 g/mol. The van der Waals surface area contributed by atoms with E-state index in [4.69, 9.17) is 4.74 Å². The zero-order valence-electron chi connectivity index (χ0n) is 18.6. The van der Waals surface area contributed by atoms with Crippen LogP contribution in [0.2, 0.25) is 0 Å². The molecule has 1 aromatic rings. The number of imide groups is 3. The van der Waals surface area contributed by atoms with Gasteiger partial charge in [-0.25, -0.2) is 9.69 Å². The van der Waals surface area contributed by atoms with Gasteiger partial charge >= 0.3 is 6.09 Å². The van der Waals surface area contributed by atoms with Crippen LogP contribution in [0.5, 0.6) is 0 Å². The number of hydrogen-bond donors (Lipinski definition) is 2. The van der Waals surface area contributed by atoms with E-state index in [1.807, 2.05) is 27.7 Å². The second kappa shape index (κ2) is 7.44. The van der Waals surface area contributed by atoms with Gasteiger partial charge in [0.05, 0.1) is 6.04 Å². The third-order valence-electron chi connectivity index (χ3n) is 6.19. The molecule has 2 N–H and O–H groups in total. The largest absolute Gasteiger partial charge is 0.443 e. The molecule has 2 heterocycles. The number of carbonyl (C=O) groups is 3. The minimum absolute atomic E-state index is 0.0715. The quantitative estimate of drug-likeness (QED) is 0.675. The van der Waals surface area contributed by atoms with Crippen molar-refractivity contribution in [1.82, 2.24) is 9.80 Å². The van der Waals surface area contributed by atoms with Gasteiger partial charge in [0.15, 0.2) is 0 Å². The summed E-state index contributed by atoms with van der Waals surface area (Å²) in [5.41, 5.74) is 4.01. The summed E-state index contributed by atoms with van der Waals surface area (Å²) in [5.74, 6) is -1.44. The van der Waals surface area contributed by atoms with E-state index in [0.717, 1.165) is 22.3 Å². The Kier molecular flexibility index (Phi) is 5.56. The molecule has 1 fully saturated rings. The highest BCUT2D eigenvalue weighted by Crippen LogP contribution is 2.47. The molecule has 164 valence electrons. The normalized spacial score (nSPS) is 25.0. The van der Waals surface area contributed by atoms with E-state index in [9.17, 15) is 24.6 Å². The van der Waals surface area contributed by atoms with Gasteiger partial charge in [0, 0.05) is 17.5 Å². The summed E-state index contributed by atoms with van der Waals surface area (Å²) in [7, 11) is 0. The average Bonchev–Trinajstić information content (AvgIpc) is 2.88. The Morgan fingerprint density at radius 1 is 0.933 bits per heavy atom. The Morgan fingerprint density at radius 3 is 1.83 bits per heavy atom. The second-order valence-electron chi connectivity index (χ2n) is 9.12. The maximum atomic E-state index is 13.1. The predicted molar refractivity (Wildman–Crippen MR) is 108 cm³/mol. The van der Waals surface area contributed by atoms with Gasteiger partial charge in [-0.1, -0.05) is 0 Å². The van der Waals surface area contributed by atoms with Crippen molar-refractivity contribution in [3.8, 4) is 0 Å². The summed E-state index contributed by atoms with van der Waals surface area (Å²) in [6.07, 6.45) is -3.47. The van der Waals surface area contributed by atoms with E-state index in [-0.39, 0.29) is 12.8 Å². The number of nitrogens with zero attached hydrogens (tertiary/aromatic N) is 2. The molecule has 30 heavy (non-hydrogen) atoms. The summed E-state index contributed by atoms with van der Waals surface area (Å²) in [4.78, 5) is 39.7. The SMILES string of the molecule is Cc1c(C)c(C)c2c(c1C)C(O)N(C1CCC(=O)N(C(=O)OC(C)(C)C)C1=O)C2O. The van der Waals surface area contributed by atoms with Crippen LogP contribution in [-0.4, -0.2) is 49.6 Å². The van der Waals surface area contributed by atoms with E-state index in [1.54, 1.807) is 20.8 Å². The Hall–Kier alpha value is -2.29. The van der Waals surface area contributed by atoms with Crippen molar-refractivity contribution < 1.29 is 29.3 Å². The number of benzene rings is 1. The maximum absolute atomic E-state index is 13.1. The van der Waals surface area contributed by atoms with Crippen molar-refractivity contribution in [2.75, 3.05) is 0 Å². The van der Waals surface area contributed by atoms with Crippen LogP contribution in [0, 0.1) is 27.7 Å². The zero-order valence-corrected chi connectivity index (χ0v) is 18.6. The summed E-state index contributed by atoms with van der Waals surface area (Å²) < 4.78 is 5.22. The molecule has 3 atom stereocenters. The molecule has 3 amide bonds. The van der Waals surface area contributed by atoms with Gasteiger partial charge in [-0.05, 0) is 77.1 Å². The van der Waals surface area contributed by atoms with Crippen molar-refractivity contribution >= 4 is 17.9 Å². The number of piperidine rings is 1. The topological polar surface area (TPSA) is 107 Å². The van der Waals surface area contributed by atoms with Crippen molar-refractivity contribution in [2.24, 2.45) is 0 Å². The molecule has 3 unspecified atom stereocenters. The first kappa shape index (κ1) is 22.4. The summed E-state index contributed by atoms with van der Waals surface area (Å²) >= 11 is 0. The molecule has 2 aliphatic rings. The molecule has 0 saturated carbocycles. The fraction of sp³-hybridized carbons (Fsp3) is 0.591. The number of hydrogen-bond acceptors (Lipinski definition) is 7. The van der Waals surface area contributed by atoms with Gasteiger partial charge in [0.1, 0.15) is 18.1 Å². The lowest BCUT2D eigenvalue weighted by atomic mass is 9.89. The molecule has 0 aliphatic carbocycles. The number of amides is 3. The lowest BCUT2D eigenvalue weighted by Gasteiger charge is -2.37. The monoisotopic (exact) mass is 418 g/mol. The van der Waals surface area contributed by atoms with Gasteiger partial charge < -0.3 is 14.9 Å². The van der Waals surface area contributed by atoms with Crippen LogP contribution in [0.25, 0.3) is 0 Å². The third kappa shape index (κ3) is 3.42. The number of aliphatic hydroxyl groups excluding tert-OH is 2. The first-order valence-electron chi connectivity index (χ1n) is 10.1. The van der Waals surface area contributed by atoms with E-state index >= 15 is 0 Å². The van der Waals surface area contributed by atoms with E-state index in [2.05, 4.69) is 0 Å². The fourth-order valence-corrected chi connectivity index (χ4v) is 4.35. The number of ether oxygens (including phenoxy) is 1. The van der Waals surface area contributed by atoms with Gasteiger partial charge in [0.25, 0.3) is 5.91 Å². The first-order chi connectivity index (χ1) is 13.8. The molecular formula is C22H30N2O6. The molecule has 1 aromatic carbocycles. The van der Waals surface area contributed by atoms with Crippen LogP contribution < -0.4 is 0 Å². The number of likely N-dealkylation sites (tertiary alicyclic amines) is 1. The Morgan fingerprint density at radius 2 is 1.40 bits per heavy atom. The van der Waals surface area contributed by atoms with E-state index in [0.29, 0.717) is 16.0 Å².